The van der Waals surface area contributed by atoms with Crippen molar-refractivity contribution in [2.24, 2.45) is 10.9 Å². The third kappa shape index (κ3) is 6.92. The van der Waals surface area contributed by atoms with Crippen LogP contribution in [0.5, 0.6) is 0 Å². The molecule has 0 atom stereocenters. The van der Waals surface area contributed by atoms with E-state index in [4.69, 9.17) is 4.99 Å². The van der Waals surface area contributed by atoms with Gasteiger partial charge in [0.05, 0.1) is 0 Å². The largest absolute Gasteiger partial charge is 0.357 e. The highest BCUT2D eigenvalue weighted by atomic mass is 32.1. The molecule has 0 spiro atoms. The average molecular weight is 337 g/mol. The first kappa shape index (κ1) is 18.3. The van der Waals surface area contributed by atoms with E-state index in [2.05, 4.69) is 46.9 Å². The lowest BCUT2D eigenvalue weighted by Crippen LogP contribution is -2.39. The molecule has 1 aliphatic rings. The van der Waals surface area contributed by atoms with Crippen LogP contribution in [0.1, 0.15) is 44.4 Å². The molecule has 0 aromatic carbocycles. The smallest absolute Gasteiger partial charge is 0.191 e. The van der Waals surface area contributed by atoms with E-state index in [0.29, 0.717) is 0 Å². The standard InChI is InChI=1S/C18H32N4S/c1-3-5-10-20-18(19-4-2)21-14-16-8-11-22(12-9-16)15-17-7-6-13-23-17/h6-7,13,16H,3-5,8-12,14-15H2,1-2H3,(H2,19,20,21). The molecule has 0 bridgehead atoms. The van der Waals surface area contributed by atoms with Crippen LogP contribution < -0.4 is 10.6 Å². The average Bonchev–Trinajstić information content (AvgIpc) is 3.07. The quantitative estimate of drug-likeness (QED) is 0.435. The van der Waals surface area contributed by atoms with E-state index < -0.39 is 0 Å². The van der Waals surface area contributed by atoms with Gasteiger partial charge in [0, 0.05) is 31.1 Å². The normalized spacial score (nSPS) is 17.4. The lowest BCUT2D eigenvalue weighted by molar-refractivity contribution is 0.182. The fourth-order valence-corrected chi connectivity index (χ4v) is 3.64. The number of piperidine rings is 1. The summed E-state index contributed by atoms with van der Waals surface area (Å²) in [6.45, 7) is 10.8. The number of unbranched alkanes of at least 4 members (excludes halogenated alkanes) is 1. The first-order valence-electron chi connectivity index (χ1n) is 9.08. The van der Waals surface area contributed by atoms with Gasteiger partial charge in [-0.15, -0.1) is 11.3 Å². The van der Waals surface area contributed by atoms with Crippen LogP contribution in [0.15, 0.2) is 22.5 Å². The molecular weight excluding hydrogens is 304 g/mol. The number of hydrogen-bond acceptors (Lipinski definition) is 3. The second kappa shape index (κ2) is 10.7. The van der Waals surface area contributed by atoms with Gasteiger partial charge in [-0.2, -0.15) is 0 Å². The van der Waals surface area contributed by atoms with Crippen LogP contribution in [0.2, 0.25) is 0 Å². The maximum absolute atomic E-state index is 4.79. The third-order valence-electron chi connectivity index (χ3n) is 4.34. The number of rotatable bonds is 8. The molecule has 1 aromatic rings. The maximum Gasteiger partial charge on any atom is 0.191 e. The third-order valence-corrected chi connectivity index (χ3v) is 5.20. The molecule has 0 saturated carbocycles. The van der Waals surface area contributed by atoms with Crippen LogP contribution in [-0.4, -0.2) is 43.6 Å². The minimum atomic E-state index is 0.733. The number of hydrogen-bond donors (Lipinski definition) is 2. The van der Waals surface area contributed by atoms with Crippen molar-refractivity contribution in [3.05, 3.63) is 22.4 Å². The molecule has 1 fully saturated rings. The molecule has 23 heavy (non-hydrogen) atoms. The van der Waals surface area contributed by atoms with Gasteiger partial charge in [-0.25, -0.2) is 0 Å². The number of nitrogens with one attached hydrogen (secondary N) is 2. The molecule has 0 amide bonds. The monoisotopic (exact) mass is 336 g/mol. The van der Waals surface area contributed by atoms with Crippen molar-refractivity contribution in [2.45, 2.75) is 46.1 Å². The summed E-state index contributed by atoms with van der Waals surface area (Å²) in [5, 5.41) is 8.95. The Morgan fingerprint density at radius 2 is 2.13 bits per heavy atom. The van der Waals surface area contributed by atoms with Crippen LogP contribution in [0.25, 0.3) is 0 Å². The Bertz CT molecular complexity index is 436. The van der Waals surface area contributed by atoms with Crippen molar-refractivity contribution in [1.82, 2.24) is 15.5 Å². The van der Waals surface area contributed by atoms with Crippen LogP contribution >= 0.6 is 11.3 Å². The Morgan fingerprint density at radius 3 is 2.78 bits per heavy atom. The van der Waals surface area contributed by atoms with Gasteiger partial charge in [0.1, 0.15) is 0 Å². The predicted octanol–water partition coefficient (Wildman–Crippen LogP) is 3.32. The molecule has 1 saturated heterocycles. The van der Waals surface area contributed by atoms with Crippen LogP contribution in [-0.2, 0) is 6.54 Å². The molecule has 1 aliphatic heterocycles. The van der Waals surface area contributed by atoms with Crippen LogP contribution in [0.4, 0.5) is 0 Å². The molecule has 4 nitrogen and oxygen atoms in total. The van der Waals surface area contributed by atoms with Gasteiger partial charge in [-0.3, -0.25) is 9.89 Å². The second-order valence-corrected chi connectivity index (χ2v) is 7.33. The van der Waals surface area contributed by atoms with E-state index >= 15 is 0 Å². The molecule has 2 rings (SSSR count). The van der Waals surface area contributed by atoms with E-state index in [1.165, 1.54) is 43.6 Å². The zero-order chi connectivity index (χ0) is 16.3. The summed E-state index contributed by atoms with van der Waals surface area (Å²) >= 11 is 1.87. The van der Waals surface area contributed by atoms with E-state index in [1.54, 1.807) is 0 Å². The van der Waals surface area contributed by atoms with Crippen molar-refractivity contribution in [1.29, 1.82) is 0 Å². The Morgan fingerprint density at radius 1 is 1.30 bits per heavy atom. The van der Waals surface area contributed by atoms with Crippen LogP contribution in [0.3, 0.4) is 0 Å². The Balaban J connectivity index is 1.70. The summed E-state index contributed by atoms with van der Waals surface area (Å²) in [6, 6.07) is 4.39. The van der Waals surface area contributed by atoms with E-state index in [-0.39, 0.29) is 0 Å². The highest BCUT2D eigenvalue weighted by molar-refractivity contribution is 7.09. The second-order valence-electron chi connectivity index (χ2n) is 6.30. The Labute approximate surface area is 145 Å². The lowest BCUT2D eigenvalue weighted by Gasteiger charge is -2.31. The molecule has 0 unspecified atom stereocenters. The molecule has 2 heterocycles. The van der Waals surface area contributed by atoms with Crippen molar-refractivity contribution < 1.29 is 0 Å². The zero-order valence-corrected chi connectivity index (χ0v) is 15.5. The van der Waals surface area contributed by atoms with Gasteiger partial charge in [0.2, 0.25) is 0 Å². The summed E-state index contributed by atoms with van der Waals surface area (Å²) in [5.74, 6) is 1.72. The summed E-state index contributed by atoms with van der Waals surface area (Å²) in [5.41, 5.74) is 0. The number of thiophene rings is 1. The van der Waals surface area contributed by atoms with Gasteiger partial charge in [0.15, 0.2) is 5.96 Å². The van der Waals surface area contributed by atoms with Gasteiger partial charge in [0.25, 0.3) is 0 Å². The van der Waals surface area contributed by atoms with Crippen molar-refractivity contribution in [3.63, 3.8) is 0 Å². The number of guanidine groups is 1. The van der Waals surface area contributed by atoms with Gasteiger partial charge in [-0.1, -0.05) is 19.4 Å². The van der Waals surface area contributed by atoms with Gasteiger partial charge < -0.3 is 10.6 Å². The minimum absolute atomic E-state index is 0.733. The van der Waals surface area contributed by atoms with Gasteiger partial charge >= 0.3 is 0 Å². The van der Waals surface area contributed by atoms with E-state index in [0.717, 1.165) is 38.1 Å². The summed E-state index contributed by atoms with van der Waals surface area (Å²) in [4.78, 5) is 8.85. The molecule has 2 N–H and O–H groups in total. The van der Waals surface area contributed by atoms with Crippen molar-refractivity contribution >= 4 is 17.3 Å². The number of likely N-dealkylation sites (tertiary alicyclic amines) is 1. The minimum Gasteiger partial charge on any atom is -0.357 e. The SMILES string of the molecule is CCCCNC(=NCC1CCN(Cc2cccs2)CC1)NCC. The van der Waals surface area contributed by atoms with Crippen molar-refractivity contribution in [2.75, 3.05) is 32.7 Å². The predicted molar refractivity (Wildman–Crippen MR) is 101 cm³/mol. The Kier molecular flexibility index (Phi) is 8.47. The topological polar surface area (TPSA) is 39.7 Å². The van der Waals surface area contributed by atoms with Crippen molar-refractivity contribution in [3.8, 4) is 0 Å². The number of aliphatic imine (C=N–C) groups is 1. The highest BCUT2D eigenvalue weighted by Gasteiger charge is 2.19. The van der Waals surface area contributed by atoms with Gasteiger partial charge in [-0.05, 0) is 56.6 Å². The summed E-state index contributed by atoms with van der Waals surface area (Å²) in [6.07, 6.45) is 4.95. The molecule has 0 aliphatic carbocycles. The molecule has 5 heteroatoms. The Hall–Kier alpha value is -1.07. The van der Waals surface area contributed by atoms with E-state index in [9.17, 15) is 0 Å². The molecule has 1 aromatic heterocycles. The number of nitrogens with zero attached hydrogens (tertiary/aromatic N) is 2. The van der Waals surface area contributed by atoms with Crippen LogP contribution in [0, 0.1) is 5.92 Å². The molecule has 130 valence electrons. The molecular formula is C18H32N4S. The van der Waals surface area contributed by atoms with E-state index in [1.807, 2.05) is 11.3 Å². The summed E-state index contributed by atoms with van der Waals surface area (Å²) < 4.78 is 0. The summed E-state index contributed by atoms with van der Waals surface area (Å²) in [7, 11) is 0. The first-order chi connectivity index (χ1) is 11.3. The first-order valence-corrected chi connectivity index (χ1v) is 9.96. The molecule has 0 radical (unpaired) electrons. The maximum atomic E-state index is 4.79. The fraction of sp³-hybridized carbons (Fsp3) is 0.722. The lowest BCUT2D eigenvalue weighted by atomic mass is 9.97. The fourth-order valence-electron chi connectivity index (χ4n) is 2.90. The zero-order valence-electron chi connectivity index (χ0n) is 14.7. The highest BCUT2D eigenvalue weighted by Crippen LogP contribution is 2.20.